The molecular weight excluding hydrogens is 289 g/mol. The maximum Gasteiger partial charge on any atom is 0.223 e. The second kappa shape index (κ2) is 6.26. The van der Waals surface area contributed by atoms with Crippen molar-refractivity contribution in [3.8, 4) is 0 Å². The first-order valence-electron chi connectivity index (χ1n) is 9.26. The standard InChI is InChI=1S/C20H26FNO/c21-17-9-7-15(8-10-17)19(14-3-1-2-4-14)22-20(23)18-12-13-5-6-16(18)11-13/h7-10,13-14,16,18-19H,1-6,11-12H2,(H,22,23)/t13-,16-,18-,19+/m0/s1. The molecule has 23 heavy (non-hydrogen) atoms. The molecule has 2 nitrogen and oxygen atoms in total. The van der Waals surface area contributed by atoms with Gasteiger partial charge in [0.2, 0.25) is 5.91 Å². The summed E-state index contributed by atoms with van der Waals surface area (Å²) in [5, 5.41) is 3.36. The molecule has 0 aliphatic heterocycles. The second-order valence-electron chi connectivity index (χ2n) is 7.86. The van der Waals surface area contributed by atoms with Crippen molar-refractivity contribution >= 4 is 5.91 Å². The van der Waals surface area contributed by atoms with E-state index in [-0.39, 0.29) is 23.7 Å². The van der Waals surface area contributed by atoms with Crippen LogP contribution < -0.4 is 5.32 Å². The molecule has 124 valence electrons. The lowest BCUT2D eigenvalue weighted by Crippen LogP contribution is -2.38. The number of halogens is 1. The lowest BCUT2D eigenvalue weighted by molar-refractivity contribution is -0.127. The van der Waals surface area contributed by atoms with Crippen LogP contribution in [0.5, 0.6) is 0 Å². The third-order valence-electron chi connectivity index (χ3n) is 6.47. The van der Waals surface area contributed by atoms with E-state index >= 15 is 0 Å². The highest BCUT2D eigenvalue weighted by atomic mass is 19.1. The molecule has 0 saturated heterocycles. The molecule has 2 bridgehead atoms. The third-order valence-corrected chi connectivity index (χ3v) is 6.47. The lowest BCUT2D eigenvalue weighted by Gasteiger charge is -2.29. The van der Waals surface area contributed by atoms with E-state index in [0.717, 1.165) is 17.9 Å². The summed E-state index contributed by atoms with van der Waals surface area (Å²) in [4.78, 5) is 12.9. The first-order valence-corrected chi connectivity index (χ1v) is 9.26. The van der Waals surface area contributed by atoms with Crippen molar-refractivity contribution in [3.63, 3.8) is 0 Å². The summed E-state index contributed by atoms with van der Waals surface area (Å²) in [6.07, 6.45) is 9.70. The van der Waals surface area contributed by atoms with Crippen LogP contribution in [-0.2, 0) is 4.79 Å². The first kappa shape index (κ1) is 15.2. The molecular formula is C20H26FNO. The van der Waals surface area contributed by atoms with E-state index in [1.165, 1.54) is 57.1 Å². The van der Waals surface area contributed by atoms with Gasteiger partial charge in [-0.2, -0.15) is 0 Å². The zero-order valence-electron chi connectivity index (χ0n) is 13.6. The summed E-state index contributed by atoms with van der Waals surface area (Å²) < 4.78 is 13.3. The van der Waals surface area contributed by atoms with Gasteiger partial charge in [0.15, 0.2) is 0 Å². The predicted molar refractivity (Wildman–Crippen MR) is 88.2 cm³/mol. The Balaban J connectivity index is 1.51. The molecule has 0 heterocycles. The molecule has 4 atom stereocenters. The summed E-state index contributed by atoms with van der Waals surface area (Å²) in [6, 6.07) is 6.78. The molecule has 1 N–H and O–H groups in total. The van der Waals surface area contributed by atoms with Crippen LogP contribution in [0.4, 0.5) is 4.39 Å². The largest absolute Gasteiger partial charge is 0.349 e. The minimum absolute atomic E-state index is 0.0599. The normalized spacial score (nSPS) is 31.4. The molecule has 4 rings (SSSR count). The van der Waals surface area contributed by atoms with Crippen LogP contribution in [0, 0.1) is 29.5 Å². The van der Waals surface area contributed by atoms with Gasteiger partial charge >= 0.3 is 0 Å². The summed E-state index contributed by atoms with van der Waals surface area (Å²) in [5.41, 5.74) is 1.06. The molecule has 1 aromatic rings. The van der Waals surface area contributed by atoms with Crippen LogP contribution >= 0.6 is 0 Å². The Morgan fingerprint density at radius 3 is 2.39 bits per heavy atom. The van der Waals surface area contributed by atoms with E-state index < -0.39 is 0 Å². The van der Waals surface area contributed by atoms with Crippen LogP contribution in [0.2, 0.25) is 0 Å². The van der Waals surface area contributed by atoms with Gasteiger partial charge in [-0.1, -0.05) is 31.4 Å². The Hall–Kier alpha value is -1.38. The van der Waals surface area contributed by atoms with Crippen LogP contribution in [0.3, 0.4) is 0 Å². The van der Waals surface area contributed by atoms with Crippen LogP contribution in [0.15, 0.2) is 24.3 Å². The Morgan fingerprint density at radius 1 is 1.04 bits per heavy atom. The molecule has 3 saturated carbocycles. The zero-order chi connectivity index (χ0) is 15.8. The number of fused-ring (bicyclic) bond motifs is 2. The number of hydrogen-bond donors (Lipinski definition) is 1. The number of hydrogen-bond acceptors (Lipinski definition) is 1. The van der Waals surface area contributed by atoms with E-state index in [0.29, 0.717) is 11.8 Å². The number of carbonyl (C=O) groups is 1. The number of benzene rings is 1. The van der Waals surface area contributed by atoms with E-state index in [1.807, 2.05) is 12.1 Å². The van der Waals surface area contributed by atoms with Gasteiger partial charge in [0, 0.05) is 5.92 Å². The van der Waals surface area contributed by atoms with Gasteiger partial charge in [-0.25, -0.2) is 4.39 Å². The van der Waals surface area contributed by atoms with Gasteiger partial charge in [0.25, 0.3) is 0 Å². The molecule has 0 unspecified atom stereocenters. The molecule has 0 radical (unpaired) electrons. The van der Waals surface area contributed by atoms with Crippen molar-refractivity contribution in [2.75, 3.05) is 0 Å². The van der Waals surface area contributed by atoms with Gasteiger partial charge < -0.3 is 5.32 Å². The number of nitrogens with one attached hydrogen (secondary N) is 1. The average Bonchev–Trinajstić information content (AvgIpc) is 3.30. The highest BCUT2D eigenvalue weighted by Crippen LogP contribution is 2.48. The molecule has 3 fully saturated rings. The maximum absolute atomic E-state index is 13.3. The quantitative estimate of drug-likeness (QED) is 0.864. The number of rotatable bonds is 4. The van der Waals surface area contributed by atoms with Crippen molar-refractivity contribution in [3.05, 3.63) is 35.6 Å². The zero-order valence-corrected chi connectivity index (χ0v) is 13.6. The van der Waals surface area contributed by atoms with Crippen molar-refractivity contribution < 1.29 is 9.18 Å². The molecule has 0 spiro atoms. The number of amides is 1. The smallest absolute Gasteiger partial charge is 0.223 e. The molecule has 1 amide bonds. The monoisotopic (exact) mass is 315 g/mol. The molecule has 3 aliphatic carbocycles. The van der Waals surface area contributed by atoms with Crippen LogP contribution in [0.1, 0.15) is 63.0 Å². The minimum Gasteiger partial charge on any atom is -0.349 e. The van der Waals surface area contributed by atoms with E-state index in [2.05, 4.69) is 5.32 Å². The van der Waals surface area contributed by atoms with Gasteiger partial charge in [-0.05, 0) is 67.6 Å². The van der Waals surface area contributed by atoms with Gasteiger partial charge in [0.1, 0.15) is 5.82 Å². The Morgan fingerprint density at radius 2 is 1.78 bits per heavy atom. The van der Waals surface area contributed by atoms with Gasteiger partial charge in [0.05, 0.1) is 6.04 Å². The minimum atomic E-state index is -0.210. The van der Waals surface area contributed by atoms with Crippen LogP contribution in [0.25, 0.3) is 0 Å². The summed E-state index contributed by atoms with van der Waals surface area (Å²) >= 11 is 0. The van der Waals surface area contributed by atoms with Crippen LogP contribution in [-0.4, -0.2) is 5.91 Å². The maximum atomic E-state index is 13.3. The Labute approximate surface area is 137 Å². The second-order valence-corrected chi connectivity index (χ2v) is 7.86. The Kier molecular flexibility index (Phi) is 4.13. The fraction of sp³-hybridized carbons (Fsp3) is 0.650. The summed E-state index contributed by atoms with van der Waals surface area (Å²) in [5.74, 6) is 2.15. The molecule has 1 aromatic carbocycles. The van der Waals surface area contributed by atoms with Crippen molar-refractivity contribution in [1.29, 1.82) is 0 Å². The Bertz CT molecular complexity index is 564. The third kappa shape index (κ3) is 3.02. The SMILES string of the molecule is O=C(N[C@@H](c1ccc(F)cc1)C1CCCC1)[C@H]1C[C@H]2CC[C@H]1C2. The van der Waals surface area contributed by atoms with Crippen molar-refractivity contribution in [1.82, 2.24) is 5.32 Å². The lowest BCUT2D eigenvalue weighted by atomic mass is 9.86. The number of carbonyl (C=O) groups excluding carboxylic acids is 1. The predicted octanol–water partition coefficient (Wildman–Crippen LogP) is 4.61. The molecule has 3 heteroatoms. The first-order chi connectivity index (χ1) is 11.2. The highest BCUT2D eigenvalue weighted by molar-refractivity contribution is 5.80. The highest BCUT2D eigenvalue weighted by Gasteiger charge is 2.43. The average molecular weight is 315 g/mol. The van der Waals surface area contributed by atoms with Gasteiger partial charge in [-0.15, -0.1) is 0 Å². The topological polar surface area (TPSA) is 29.1 Å². The fourth-order valence-electron chi connectivity index (χ4n) is 5.26. The van der Waals surface area contributed by atoms with E-state index in [1.54, 1.807) is 0 Å². The summed E-state index contributed by atoms with van der Waals surface area (Å²) in [7, 11) is 0. The van der Waals surface area contributed by atoms with Gasteiger partial charge in [-0.3, -0.25) is 4.79 Å². The molecule has 3 aliphatic rings. The van der Waals surface area contributed by atoms with E-state index in [9.17, 15) is 9.18 Å². The fourth-order valence-corrected chi connectivity index (χ4v) is 5.26. The van der Waals surface area contributed by atoms with Crippen molar-refractivity contribution in [2.24, 2.45) is 23.7 Å². The summed E-state index contributed by atoms with van der Waals surface area (Å²) in [6.45, 7) is 0. The van der Waals surface area contributed by atoms with E-state index in [4.69, 9.17) is 0 Å². The van der Waals surface area contributed by atoms with Crippen molar-refractivity contribution in [2.45, 2.75) is 57.4 Å². The molecule has 0 aromatic heterocycles.